The van der Waals surface area contributed by atoms with E-state index in [1.165, 1.54) is 16.5 Å². The van der Waals surface area contributed by atoms with Gasteiger partial charge in [-0.25, -0.2) is 4.39 Å². The maximum atomic E-state index is 13.5. The summed E-state index contributed by atoms with van der Waals surface area (Å²) in [5, 5.41) is 2.32. The van der Waals surface area contributed by atoms with Crippen LogP contribution in [-0.4, -0.2) is 41.4 Å². The van der Waals surface area contributed by atoms with Gasteiger partial charge in [0.15, 0.2) is 0 Å². The zero-order chi connectivity index (χ0) is 18.8. The summed E-state index contributed by atoms with van der Waals surface area (Å²) in [5.41, 5.74) is 2.31. The number of rotatable bonds is 4. The first-order valence-corrected chi connectivity index (χ1v) is 10.9. The second-order valence-corrected chi connectivity index (χ2v) is 8.86. The molecule has 0 radical (unpaired) electrons. The van der Waals surface area contributed by atoms with Gasteiger partial charge >= 0.3 is 0 Å². The van der Waals surface area contributed by atoms with Crippen molar-refractivity contribution in [1.82, 2.24) is 9.80 Å². The van der Waals surface area contributed by atoms with Crippen LogP contribution >= 0.6 is 22.9 Å². The number of carbonyl (C=O) groups excluding carboxylic acids is 1. The van der Waals surface area contributed by atoms with Crippen LogP contribution < -0.4 is 0 Å². The van der Waals surface area contributed by atoms with Gasteiger partial charge in [-0.15, -0.1) is 11.3 Å². The van der Waals surface area contributed by atoms with Crippen LogP contribution in [0, 0.1) is 5.82 Å². The summed E-state index contributed by atoms with van der Waals surface area (Å²) in [4.78, 5) is 18.6. The van der Waals surface area contributed by atoms with Crippen molar-refractivity contribution in [2.24, 2.45) is 0 Å². The standard InChI is InChI=1S/C21H24ClFN2OS/c22-18-3-1-15(13-19(18)23)2-4-21(26)24-9-5-17(6-10-24)25-11-7-20-16(14-25)8-12-27-20/h1,3,8,12-13,17H,2,4-7,9-11,14H2. The van der Waals surface area contributed by atoms with Crippen molar-refractivity contribution in [3.8, 4) is 0 Å². The maximum Gasteiger partial charge on any atom is 0.222 e. The second-order valence-electron chi connectivity index (χ2n) is 7.45. The van der Waals surface area contributed by atoms with Gasteiger partial charge in [0.1, 0.15) is 5.82 Å². The normalized spacial score (nSPS) is 18.5. The Morgan fingerprint density at radius 1 is 1.22 bits per heavy atom. The minimum atomic E-state index is -0.419. The fourth-order valence-electron chi connectivity index (χ4n) is 4.17. The molecular weight excluding hydrogens is 383 g/mol. The van der Waals surface area contributed by atoms with E-state index < -0.39 is 5.82 Å². The Balaban J connectivity index is 1.25. The van der Waals surface area contributed by atoms with Crippen LogP contribution in [0.1, 0.15) is 35.3 Å². The average molecular weight is 407 g/mol. The number of amides is 1. The molecule has 1 aromatic heterocycles. The number of aryl methyl sites for hydroxylation is 1. The van der Waals surface area contributed by atoms with Crippen molar-refractivity contribution in [3.63, 3.8) is 0 Å². The summed E-state index contributed by atoms with van der Waals surface area (Å²) >= 11 is 7.58. The first-order chi connectivity index (χ1) is 13.1. The third kappa shape index (κ3) is 4.36. The van der Waals surface area contributed by atoms with Gasteiger partial charge in [-0.3, -0.25) is 9.69 Å². The molecule has 0 aliphatic carbocycles. The van der Waals surface area contributed by atoms with Crippen molar-refractivity contribution >= 4 is 28.8 Å². The number of hydrogen-bond donors (Lipinski definition) is 0. The largest absolute Gasteiger partial charge is 0.343 e. The summed E-state index contributed by atoms with van der Waals surface area (Å²) in [6, 6.07) is 7.61. The fraction of sp³-hybridized carbons (Fsp3) is 0.476. The number of carbonyl (C=O) groups is 1. The molecule has 3 heterocycles. The number of likely N-dealkylation sites (tertiary alicyclic amines) is 1. The van der Waals surface area contributed by atoms with E-state index in [9.17, 15) is 9.18 Å². The molecule has 0 unspecified atom stereocenters. The predicted molar refractivity (Wildman–Crippen MR) is 108 cm³/mol. The molecule has 0 bridgehead atoms. The molecule has 4 rings (SSSR count). The predicted octanol–water partition coefficient (Wildman–Crippen LogP) is 4.52. The SMILES string of the molecule is O=C(CCc1ccc(Cl)c(F)c1)N1CCC(N2CCc3sccc3C2)CC1. The smallest absolute Gasteiger partial charge is 0.222 e. The van der Waals surface area contributed by atoms with Gasteiger partial charge in [0.2, 0.25) is 5.91 Å². The van der Waals surface area contributed by atoms with E-state index in [1.54, 1.807) is 12.1 Å². The van der Waals surface area contributed by atoms with Crippen LogP contribution in [-0.2, 0) is 24.2 Å². The van der Waals surface area contributed by atoms with E-state index >= 15 is 0 Å². The number of nitrogens with zero attached hydrogens (tertiary/aromatic N) is 2. The number of thiophene rings is 1. The third-order valence-electron chi connectivity index (χ3n) is 5.78. The highest BCUT2D eigenvalue weighted by Crippen LogP contribution is 2.28. The molecule has 2 aliphatic heterocycles. The molecular formula is C21H24ClFN2OS. The van der Waals surface area contributed by atoms with Crippen molar-refractivity contribution in [1.29, 1.82) is 0 Å². The van der Waals surface area contributed by atoms with E-state index in [-0.39, 0.29) is 10.9 Å². The number of halogens is 2. The molecule has 2 aromatic rings. The Morgan fingerprint density at radius 2 is 2.04 bits per heavy atom. The van der Waals surface area contributed by atoms with E-state index in [0.717, 1.165) is 51.0 Å². The molecule has 0 saturated carbocycles. The van der Waals surface area contributed by atoms with Crippen LogP contribution in [0.3, 0.4) is 0 Å². The summed E-state index contributed by atoms with van der Waals surface area (Å²) < 4.78 is 13.5. The lowest BCUT2D eigenvalue weighted by Crippen LogP contribution is -2.47. The van der Waals surface area contributed by atoms with Crippen molar-refractivity contribution in [3.05, 3.63) is 56.5 Å². The minimum absolute atomic E-state index is 0.124. The molecule has 0 atom stereocenters. The number of benzene rings is 1. The Labute approximate surface area is 168 Å². The summed E-state index contributed by atoms with van der Waals surface area (Å²) in [7, 11) is 0. The lowest BCUT2D eigenvalue weighted by Gasteiger charge is -2.40. The Bertz CT molecular complexity index is 816. The molecule has 1 aromatic carbocycles. The van der Waals surface area contributed by atoms with Crippen LogP contribution in [0.2, 0.25) is 5.02 Å². The van der Waals surface area contributed by atoms with Gasteiger partial charge in [0.05, 0.1) is 5.02 Å². The minimum Gasteiger partial charge on any atom is -0.343 e. The summed E-state index contributed by atoms with van der Waals surface area (Å²) in [5.74, 6) is -0.250. The van der Waals surface area contributed by atoms with Gasteiger partial charge in [-0.2, -0.15) is 0 Å². The number of hydrogen-bond acceptors (Lipinski definition) is 3. The van der Waals surface area contributed by atoms with Gasteiger partial charge < -0.3 is 4.90 Å². The quantitative estimate of drug-likeness (QED) is 0.745. The highest BCUT2D eigenvalue weighted by atomic mass is 35.5. The first-order valence-electron chi connectivity index (χ1n) is 9.61. The highest BCUT2D eigenvalue weighted by molar-refractivity contribution is 7.10. The third-order valence-corrected chi connectivity index (χ3v) is 7.11. The lowest BCUT2D eigenvalue weighted by atomic mass is 9.99. The Hall–Kier alpha value is -1.43. The van der Waals surface area contributed by atoms with Gasteiger partial charge in [-0.1, -0.05) is 17.7 Å². The van der Waals surface area contributed by atoms with E-state index in [1.807, 2.05) is 16.2 Å². The van der Waals surface area contributed by atoms with E-state index in [4.69, 9.17) is 11.6 Å². The summed E-state index contributed by atoms with van der Waals surface area (Å²) in [6.07, 6.45) is 4.22. The first kappa shape index (κ1) is 18.9. The molecule has 27 heavy (non-hydrogen) atoms. The fourth-order valence-corrected chi connectivity index (χ4v) is 5.17. The molecule has 1 amide bonds. The molecule has 144 valence electrons. The van der Waals surface area contributed by atoms with Crippen molar-refractivity contribution in [2.75, 3.05) is 19.6 Å². The number of piperidine rings is 1. The zero-order valence-corrected chi connectivity index (χ0v) is 16.9. The van der Waals surface area contributed by atoms with Crippen LogP contribution in [0.5, 0.6) is 0 Å². The van der Waals surface area contributed by atoms with Crippen LogP contribution in [0.15, 0.2) is 29.6 Å². The van der Waals surface area contributed by atoms with Crippen LogP contribution in [0.4, 0.5) is 4.39 Å². The van der Waals surface area contributed by atoms with E-state index in [0.29, 0.717) is 18.9 Å². The van der Waals surface area contributed by atoms with E-state index in [2.05, 4.69) is 16.3 Å². The average Bonchev–Trinajstić information content (AvgIpc) is 3.16. The lowest BCUT2D eigenvalue weighted by molar-refractivity contribution is -0.132. The monoisotopic (exact) mass is 406 g/mol. The highest BCUT2D eigenvalue weighted by Gasteiger charge is 2.29. The molecule has 2 aliphatic rings. The van der Waals surface area contributed by atoms with Crippen LogP contribution in [0.25, 0.3) is 0 Å². The number of fused-ring (bicyclic) bond motifs is 1. The topological polar surface area (TPSA) is 23.6 Å². The van der Waals surface area contributed by atoms with Gasteiger partial charge in [-0.05, 0) is 60.4 Å². The Kier molecular flexibility index (Phi) is 5.81. The second kappa shape index (κ2) is 8.29. The molecule has 6 heteroatoms. The summed E-state index contributed by atoms with van der Waals surface area (Å²) in [6.45, 7) is 3.84. The van der Waals surface area contributed by atoms with Gasteiger partial charge in [0, 0.05) is 43.5 Å². The zero-order valence-electron chi connectivity index (χ0n) is 15.3. The molecule has 0 spiro atoms. The maximum absolute atomic E-state index is 13.5. The molecule has 3 nitrogen and oxygen atoms in total. The Morgan fingerprint density at radius 3 is 2.81 bits per heavy atom. The van der Waals surface area contributed by atoms with Crippen molar-refractivity contribution < 1.29 is 9.18 Å². The molecule has 1 saturated heterocycles. The van der Waals surface area contributed by atoms with Crippen molar-refractivity contribution in [2.45, 2.75) is 44.7 Å². The molecule has 0 N–H and O–H groups in total. The molecule has 1 fully saturated rings. The van der Waals surface area contributed by atoms with Gasteiger partial charge in [0.25, 0.3) is 0 Å².